The summed E-state index contributed by atoms with van der Waals surface area (Å²) >= 11 is 0. The lowest BCUT2D eigenvalue weighted by Gasteiger charge is -2.12. The lowest BCUT2D eigenvalue weighted by molar-refractivity contribution is -0.287. The molecule has 231 valence electrons. The van der Waals surface area contributed by atoms with Crippen LogP contribution < -0.4 is 23.7 Å². The van der Waals surface area contributed by atoms with Crippen LogP contribution in [0.25, 0.3) is 0 Å². The lowest BCUT2D eigenvalue weighted by atomic mass is 10.2. The van der Waals surface area contributed by atoms with Crippen molar-refractivity contribution < 1.29 is 47.8 Å². The van der Waals surface area contributed by atoms with E-state index in [9.17, 15) is 9.59 Å². The van der Waals surface area contributed by atoms with Gasteiger partial charge in [-0.25, -0.2) is 19.4 Å². The average molecular weight is 603 g/mol. The number of carbonyl (C=O) groups is 2. The van der Waals surface area contributed by atoms with E-state index in [0.717, 1.165) is 11.6 Å². The minimum atomic E-state index is -0.502. The molecule has 0 fully saturated rings. The third-order valence-corrected chi connectivity index (χ3v) is 5.59. The van der Waals surface area contributed by atoms with Crippen LogP contribution in [0, 0.1) is 6.92 Å². The molecule has 0 saturated heterocycles. The molecule has 11 heteroatoms. The smallest absolute Gasteiger partial charge is 0.343 e. The van der Waals surface area contributed by atoms with Gasteiger partial charge >= 0.3 is 11.9 Å². The summed E-state index contributed by atoms with van der Waals surface area (Å²) in [5, 5.41) is 0. The van der Waals surface area contributed by atoms with E-state index in [1.807, 2.05) is 19.1 Å². The van der Waals surface area contributed by atoms with E-state index in [-0.39, 0.29) is 21.8 Å². The Morgan fingerprint density at radius 3 is 1.91 bits per heavy atom. The van der Waals surface area contributed by atoms with Crippen LogP contribution in [0.2, 0.25) is 0 Å². The molecule has 3 radical (unpaired) electrons. The Bertz CT molecular complexity index is 1310. The number of aryl methyl sites for hydroxylation is 1. The van der Waals surface area contributed by atoms with Crippen molar-refractivity contribution in [2.24, 2.45) is 0 Å². The van der Waals surface area contributed by atoms with E-state index in [0.29, 0.717) is 73.6 Å². The molecule has 0 spiro atoms. The zero-order valence-electron chi connectivity index (χ0n) is 24.7. The van der Waals surface area contributed by atoms with Crippen molar-refractivity contribution in [3.05, 3.63) is 103 Å². The number of benzene rings is 3. The zero-order valence-corrected chi connectivity index (χ0v) is 24.7. The summed E-state index contributed by atoms with van der Waals surface area (Å²) in [7, 11) is 0. The summed E-state index contributed by atoms with van der Waals surface area (Å²) in [5.74, 6) is 1.94. The predicted molar refractivity (Wildman–Crippen MR) is 164 cm³/mol. The van der Waals surface area contributed by atoms with Gasteiger partial charge in [-0.2, -0.15) is 0 Å². The van der Waals surface area contributed by atoms with Gasteiger partial charge < -0.3 is 28.4 Å². The highest BCUT2D eigenvalue weighted by Gasteiger charge is 2.11. The van der Waals surface area contributed by atoms with E-state index in [2.05, 4.69) is 13.2 Å². The Hall–Kier alpha value is -4.74. The number of hydrogen-bond donors (Lipinski definition) is 0. The summed E-state index contributed by atoms with van der Waals surface area (Å²) in [6.07, 6.45) is 3.94. The average Bonchev–Trinajstić information content (AvgIpc) is 3.02. The standard InChI is InChI=1S/C33H36O10.B/c1-4-18-41-42-22-7-20-37-28-12-14-29(15-13-28)39-24-40-31-17-16-30(23-25(31)3)43-33(35)26-8-10-27(11-9-26)36-19-6-21-38-32(34)5-2;/h4-5,8-17,23H,1-2,6-7,18-22,24H2,3H3;. The molecule has 10 nitrogen and oxygen atoms in total. The second kappa shape index (κ2) is 20.2. The van der Waals surface area contributed by atoms with Crippen LogP contribution in [0.1, 0.15) is 28.8 Å². The number of carbonyl (C=O) groups excluding carboxylic acids is 2. The highest BCUT2D eigenvalue weighted by Crippen LogP contribution is 2.25. The van der Waals surface area contributed by atoms with E-state index in [1.165, 1.54) is 0 Å². The molecule has 0 N–H and O–H groups in total. The van der Waals surface area contributed by atoms with Crippen LogP contribution in [0.15, 0.2) is 92.0 Å². The van der Waals surface area contributed by atoms with Gasteiger partial charge in [0.15, 0.2) is 0 Å². The first kappa shape index (κ1) is 35.5. The summed E-state index contributed by atoms with van der Waals surface area (Å²) in [4.78, 5) is 33.4. The second-order valence-corrected chi connectivity index (χ2v) is 8.89. The molecule has 0 aromatic heterocycles. The quantitative estimate of drug-likeness (QED) is 0.0185. The van der Waals surface area contributed by atoms with E-state index in [1.54, 1.807) is 60.7 Å². The van der Waals surface area contributed by atoms with Gasteiger partial charge in [0.2, 0.25) is 6.79 Å². The first-order chi connectivity index (χ1) is 21.0. The maximum absolute atomic E-state index is 12.6. The van der Waals surface area contributed by atoms with E-state index < -0.39 is 11.9 Å². The molecule has 3 rings (SSSR count). The van der Waals surface area contributed by atoms with Crippen molar-refractivity contribution in [1.29, 1.82) is 0 Å². The maximum Gasteiger partial charge on any atom is 0.343 e. The van der Waals surface area contributed by atoms with Gasteiger partial charge in [-0.3, -0.25) is 0 Å². The third kappa shape index (κ3) is 13.1. The fourth-order valence-electron chi connectivity index (χ4n) is 3.44. The van der Waals surface area contributed by atoms with Crippen molar-refractivity contribution in [1.82, 2.24) is 0 Å². The maximum atomic E-state index is 12.6. The summed E-state index contributed by atoms with van der Waals surface area (Å²) in [5.41, 5.74) is 1.15. The van der Waals surface area contributed by atoms with Gasteiger partial charge in [0.05, 0.1) is 32.0 Å². The third-order valence-electron chi connectivity index (χ3n) is 5.59. The van der Waals surface area contributed by atoms with Crippen LogP contribution in [0.3, 0.4) is 0 Å². The molecule has 0 aliphatic rings. The molecule has 0 heterocycles. The first-order valence-electron chi connectivity index (χ1n) is 13.7. The first-order valence-corrected chi connectivity index (χ1v) is 13.7. The Morgan fingerprint density at radius 1 is 0.705 bits per heavy atom. The molecule has 0 saturated carbocycles. The highest BCUT2D eigenvalue weighted by molar-refractivity contribution is 5.91. The Labute approximate surface area is 259 Å². The summed E-state index contributed by atoms with van der Waals surface area (Å²) in [6, 6.07) is 18.9. The normalized spacial score (nSPS) is 10.1. The Morgan fingerprint density at radius 2 is 1.30 bits per heavy atom. The van der Waals surface area contributed by atoms with Crippen LogP contribution in [0.5, 0.6) is 28.7 Å². The van der Waals surface area contributed by atoms with Crippen LogP contribution in [-0.4, -0.2) is 60.2 Å². The molecule has 3 aromatic carbocycles. The molecule has 0 atom stereocenters. The van der Waals surface area contributed by atoms with Gasteiger partial charge in [0.25, 0.3) is 0 Å². The van der Waals surface area contributed by atoms with E-state index >= 15 is 0 Å². The molecule has 44 heavy (non-hydrogen) atoms. The van der Waals surface area contributed by atoms with Gasteiger partial charge in [-0.15, -0.1) is 6.58 Å². The lowest BCUT2D eigenvalue weighted by Crippen LogP contribution is -2.10. The summed E-state index contributed by atoms with van der Waals surface area (Å²) in [6.45, 7) is 10.6. The highest BCUT2D eigenvalue weighted by atomic mass is 17.2. The van der Waals surface area contributed by atoms with Crippen molar-refractivity contribution >= 4 is 20.4 Å². The fourth-order valence-corrected chi connectivity index (χ4v) is 3.44. The second-order valence-electron chi connectivity index (χ2n) is 8.89. The molecular weight excluding hydrogens is 567 g/mol. The molecule has 0 aliphatic carbocycles. The monoisotopic (exact) mass is 603 g/mol. The largest absolute Gasteiger partial charge is 0.494 e. The van der Waals surface area contributed by atoms with Crippen molar-refractivity contribution in [2.45, 2.75) is 19.8 Å². The number of rotatable bonds is 20. The molecule has 0 amide bonds. The van der Waals surface area contributed by atoms with Crippen molar-refractivity contribution in [3.8, 4) is 28.7 Å². The topological polar surface area (TPSA) is 108 Å². The predicted octanol–water partition coefficient (Wildman–Crippen LogP) is 5.65. The molecule has 0 unspecified atom stereocenters. The molecule has 3 aromatic rings. The number of hydrogen-bond acceptors (Lipinski definition) is 10. The molecule has 0 bridgehead atoms. The van der Waals surface area contributed by atoms with Gasteiger partial charge in [-0.05, 0) is 79.2 Å². The number of ether oxygens (including phenoxy) is 6. The minimum absolute atomic E-state index is 0. The number of esters is 2. The van der Waals surface area contributed by atoms with Crippen LogP contribution in [-0.2, 0) is 19.3 Å². The molecule has 0 aliphatic heterocycles. The van der Waals surface area contributed by atoms with Crippen molar-refractivity contribution in [3.63, 3.8) is 0 Å². The Balaban J connectivity index is 0.00000675. The minimum Gasteiger partial charge on any atom is -0.494 e. The van der Waals surface area contributed by atoms with Gasteiger partial charge in [0.1, 0.15) is 35.4 Å². The zero-order chi connectivity index (χ0) is 30.7. The fraction of sp³-hybridized carbons (Fsp3) is 0.273. The summed E-state index contributed by atoms with van der Waals surface area (Å²) < 4.78 is 33.1. The van der Waals surface area contributed by atoms with Gasteiger partial charge in [0, 0.05) is 27.3 Å². The van der Waals surface area contributed by atoms with Crippen LogP contribution in [0.4, 0.5) is 0 Å². The van der Waals surface area contributed by atoms with Crippen LogP contribution >= 0.6 is 0 Å². The van der Waals surface area contributed by atoms with Gasteiger partial charge in [-0.1, -0.05) is 12.7 Å². The van der Waals surface area contributed by atoms with E-state index in [4.69, 9.17) is 38.2 Å². The SMILES string of the molecule is C=CCOOCCCOc1ccc(OCOc2ccc(OC(=O)c3ccc(OCCCOC(=O)C=C)cc3)cc2C)cc1.[B]. The Kier molecular flexibility index (Phi) is 16.3. The van der Waals surface area contributed by atoms with Crippen molar-refractivity contribution in [2.75, 3.05) is 39.8 Å². The molecular formula is C33H36BO10.